The highest BCUT2D eigenvalue weighted by Crippen LogP contribution is 2.29. The molecule has 8 nitrogen and oxygen atoms in total. The standard InChI is InChI=1S/C19H22FN5O3/c1-18(2,3)25-10-14(9-21-25)22-15(26)11-24-16(27)19(4,23-17(24)28)12-5-7-13(20)8-6-12/h5-10H,11H2,1-4H3,(H,22,26)(H,23,28). The van der Waals surface area contributed by atoms with Crippen LogP contribution in [0.25, 0.3) is 0 Å². The Morgan fingerprint density at radius 2 is 1.89 bits per heavy atom. The average molecular weight is 387 g/mol. The number of anilines is 1. The number of benzene rings is 1. The van der Waals surface area contributed by atoms with Crippen molar-refractivity contribution in [3.05, 3.63) is 48.0 Å². The Morgan fingerprint density at radius 1 is 1.25 bits per heavy atom. The Hall–Kier alpha value is -3.23. The number of rotatable bonds is 4. The fraction of sp³-hybridized carbons (Fsp3) is 0.368. The number of carbonyl (C=O) groups excluding carboxylic acids is 3. The van der Waals surface area contributed by atoms with Gasteiger partial charge in [-0.15, -0.1) is 0 Å². The summed E-state index contributed by atoms with van der Waals surface area (Å²) in [6, 6.07) is 4.60. The maximum Gasteiger partial charge on any atom is 0.325 e. The van der Waals surface area contributed by atoms with Crippen molar-refractivity contribution in [2.45, 2.75) is 38.8 Å². The minimum absolute atomic E-state index is 0.245. The van der Waals surface area contributed by atoms with E-state index in [4.69, 9.17) is 0 Å². The molecule has 1 aromatic carbocycles. The van der Waals surface area contributed by atoms with Crippen molar-refractivity contribution in [2.24, 2.45) is 0 Å². The molecular formula is C19H22FN5O3. The molecule has 0 bridgehead atoms. The van der Waals surface area contributed by atoms with Crippen LogP contribution in [0.2, 0.25) is 0 Å². The molecule has 1 aliphatic rings. The van der Waals surface area contributed by atoms with Gasteiger partial charge in [0.2, 0.25) is 5.91 Å². The van der Waals surface area contributed by atoms with E-state index in [0.29, 0.717) is 11.3 Å². The molecule has 2 aromatic rings. The molecule has 4 amide bonds. The van der Waals surface area contributed by atoms with E-state index in [9.17, 15) is 18.8 Å². The number of nitrogens with one attached hydrogen (secondary N) is 2. The highest BCUT2D eigenvalue weighted by atomic mass is 19.1. The zero-order valence-electron chi connectivity index (χ0n) is 16.1. The van der Waals surface area contributed by atoms with Crippen LogP contribution in [-0.2, 0) is 20.7 Å². The third-order valence-corrected chi connectivity index (χ3v) is 4.55. The molecule has 0 saturated carbocycles. The number of imide groups is 1. The van der Waals surface area contributed by atoms with Crippen LogP contribution in [0.4, 0.5) is 14.9 Å². The van der Waals surface area contributed by atoms with Gasteiger partial charge in [0.15, 0.2) is 0 Å². The SMILES string of the molecule is CC1(c2ccc(F)cc2)NC(=O)N(CC(=O)Nc2cnn(C(C)(C)C)c2)C1=O. The predicted molar refractivity (Wildman–Crippen MR) is 99.8 cm³/mol. The molecular weight excluding hydrogens is 365 g/mol. The Kier molecular flexibility index (Phi) is 4.70. The summed E-state index contributed by atoms with van der Waals surface area (Å²) in [5.74, 6) is -1.55. The zero-order chi connectivity index (χ0) is 20.7. The van der Waals surface area contributed by atoms with Crippen LogP contribution in [0.1, 0.15) is 33.3 Å². The first kappa shape index (κ1) is 19.5. The van der Waals surface area contributed by atoms with Gasteiger partial charge in [-0.25, -0.2) is 9.18 Å². The van der Waals surface area contributed by atoms with E-state index in [2.05, 4.69) is 15.7 Å². The number of aromatic nitrogens is 2. The van der Waals surface area contributed by atoms with E-state index in [0.717, 1.165) is 4.90 Å². The number of urea groups is 1. The van der Waals surface area contributed by atoms with Crippen LogP contribution in [0.15, 0.2) is 36.7 Å². The van der Waals surface area contributed by atoms with Crippen LogP contribution in [0, 0.1) is 5.82 Å². The summed E-state index contributed by atoms with van der Waals surface area (Å²) in [7, 11) is 0. The average Bonchev–Trinajstić information content (AvgIpc) is 3.15. The van der Waals surface area contributed by atoms with Gasteiger partial charge in [0, 0.05) is 6.20 Å². The summed E-state index contributed by atoms with van der Waals surface area (Å²) in [5.41, 5.74) is -0.706. The van der Waals surface area contributed by atoms with Crippen LogP contribution in [0.5, 0.6) is 0 Å². The van der Waals surface area contributed by atoms with Crippen molar-refractivity contribution < 1.29 is 18.8 Å². The smallest absolute Gasteiger partial charge is 0.322 e. The summed E-state index contributed by atoms with van der Waals surface area (Å²) in [5, 5.41) is 9.39. The van der Waals surface area contributed by atoms with Crippen molar-refractivity contribution in [1.29, 1.82) is 0 Å². The second kappa shape index (κ2) is 6.74. The molecule has 2 N–H and O–H groups in total. The maximum absolute atomic E-state index is 13.2. The van der Waals surface area contributed by atoms with Crippen LogP contribution in [0.3, 0.4) is 0 Å². The normalized spacial score (nSPS) is 19.7. The van der Waals surface area contributed by atoms with Crippen molar-refractivity contribution in [3.63, 3.8) is 0 Å². The van der Waals surface area contributed by atoms with E-state index >= 15 is 0 Å². The second-order valence-corrected chi connectivity index (χ2v) is 7.85. The topological polar surface area (TPSA) is 96.3 Å². The van der Waals surface area contributed by atoms with Crippen molar-refractivity contribution >= 4 is 23.5 Å². The first-order valence-electron chi connectivity index (χ1n) is 8.76. The molecule has 3 rings (SSSR count). The van der Waals surface area contributed by atoms with E-state index in [1.54, 1.807) is 10.9 Å². The summed E-state index contributed by atoms with van der Waals surface area (Å²) in [6.45, 7) is 6.98. The quantitative estimate of drug-likeness (QED) is 0.786. The van der Waals surface area contributed by atoms with Gasteiger partial charge >= 0.3 is 6.03 Å². The lowest BCUT2D eigenvalue weighted by molar-refractivity contribution is -0.133. The molecule has 0 aliphatic carbocycles. The van der Waals surface area contributed by atoms with Crippen molar-refractivity contribution in [3.8, 4) is 0 Å². The Bertz CT molecular complexity index is 932. The number of nitrogens with zero attached hydrogens (tertiary/aromatic N) is 3. The molecule has 2 heterocycles. The summed E-state index contributed by atoms with van der Waals surface area (Å²) < 4.78 is 14.9. The fourth-order valence-electron chi connectivity index (χ4n) is 2.92. The van der Waals surface area contributed by atoms with Gasteiger partial charge in [0.1, 0.15) is 17.9 Å². The third-order valence-electron chi connectivity index (χ3n) is 4.55. The first-order valence-corrected chi connectivity index (χ1v) is 8.76. The molecule has 1 unspecified atom stereocenters. The van der Waals surface area contributed by atoms with Crippen LogP contribution in [-0.4, -0.2) is 39.1 Å². The van der Waals surface area contributed by atoms with Crippen LogP contribution < -0.4 is 10.6 Å². The van der Waals surface area contributed by atoms with Gasteiger partial charge in [-0.1, -0.05) is 12.1 Å². The highest BCUT2D eigenvalue weighted by Gasteiger charge is 2.49. The molecule has 0 spiro atoms. The van der Waals surface area contributed by atoms with Gasteiger partial charge in [-0.2, -0.15) is 5.10 Å². The summed E-state index contributed by atoms with van der Waals surface area (Å²) in [6.07, 6.45) is 3.17. The molecule has 148 valence electrons. The number of amides is 4. The van der Waals surface area contributed by atoms with E-state index in [1.807, 2.05) is 20.8 Å². The lowest BCUT2D eigenvalue weighted by Crippen LogP contribution is -2.42. The number of halogens is 1. The Labute approximate surface area is 161 Å². The summed E-state index contributed by atoms with van der Waals surface area (Å²) >= 11 is 0. The molecule has 1 saturated heterocycles. The molecule has 0 radical (unpaired) electrons. The minimum Gasteiger partial charge on any atom is -0.322 e. The number of hydrogen-bond acceptors (Lipinski definition) is 4. The predicted octanol–water partition coefficient (Wildman–Crippen LogP) is 2.18. The van der Waals surface area contributed by atoms with Gasteiger partial charge < -0.3 is 10.6 Å². The third kappa shape index (κ3) is 3.60. The minimum atomic E-state index is -1.36. The fourth-order valence-corrected chi connectivity index (χ4v) is 2.92. The molecule has 1 aliphatic heterocycles. The Morgan fingerprint density at radius 3 is 2.46 bits per heavy atom. The lowest BCUT2D eigenvalue weighted by Gasteiger charge is -2.22. The number of hydrogen-bond donors (Lipinski definition) is 2. The van der Waals surface area contributed by atoms with Crippen molar-refractivity contribution in [1.82, 2.24) is 20.0 Å². The molecule has 1 aromatic heterocycles. The highest BCUT2D eigenvalue weighted by molar-refractivity contribution is 6.10. The lowest BCUT2D eigenvalue weighted by atomic mass is 9.92. The molecule has 1 fully saturated rings. The zero-order valence-corrected chi connectivity index (χ0v) is 16.1. The van der Waals surface area contributed by atoms with Gasteiger partial charge in [-0.3, -0.25) is 19.2 Å². The molecule has 28 heavy (non-hydrogen) atoms. The first-order chi connectivity index (χ1) is 13.0. The summed E-state index contributed by atoms with van der Waals surface area (Å²) in [4.78, 5) is 38.3. The molecule has 1 atom stereocenters. The van der Waals surface area contributed by atoms with Gasteiger partial charge in [-0.05, 0) is 45.4 Å². The van der Waals surface area contributed by atoms with Crippen LogP contribution >= 0.6 is 0 Å². The largest absolute Gasteiger partial charge is 0.325 e. The maximum atomic E-state index is 13.2. The van der Waals surface area contributed by atoms with Gasteiger partial charge in [0.05, 0.1) is 17.4 Å². The number of carbonyl (C=O) groups is 3. The monoisotopic (exact) mass is 387 g/mol. The van der Waals surface area contributed by atoms with E-state index in [-0.39, 0.29) is 5.54 Å². The van der Waals surface area contributed by atoms with Gasteiger partial charge in [0.25, 0.3) is 5.91 Å². The van der Waals surface area contributed by atoms with E-state index < -0.39 is 35.7 Å². The van der Waals surface area contributed by atoms with Crippen molar-refractivity contribution in [2.75, 3.05) is 11.9 Å². The molecule has 9 heteroatoms. The second-order valence-electron chi connectivity index (χ2n) is 7.85. The Balaban J connectivity index is 1.71. The van der Waals surface area contributed by atoms with E-state index in [1.165, 1.54) is 37.4 Å².